The number of nitrogens with zero attached hydrogens (tertiary/aromatic N) is 4. The van der Waals surface area contributed by atoms with Gasteiger partial charge < -0.3 is 5.32 Å². The Morgan fingerprint density at radius 2 is 2.09 bits per heavy atom. The van der Waals surface area contributed by atoms with Gasteiger partial charge in [-0.2, -0.15) is 0 Å². The molecule has 3 rings (SSSR count). The SMILES string of the molecule is Cc1cnc(CNC(=O)C(c2cccnc2)N2CCCC2)cn1. The average Bonchev–Trinajstić information content (AvgIpc) is 3.10. The van der Waals surface area contributed by atoms with Crippen molar-refractivity contribution in [3.63, 3.8) is 0 Å². The highest BCUT2D eigenvalue weighted by atomic mass is 16.2. The maximum absolute atomic E-state index is 12.7. The second-order valence-corrected chi connectivity index (χ2v) is 5.80. The minimum atomic E-state index is -0.287. The Labute approximate surface area is 136 Å². The maximum atomic E-state index is 12.7. The molecule has 1 unspecified atom stereocenters. The van der Waals surface area contributed by atoms with E-state index < -0.39 is 0 Å². The van der Waals surface area contributed by atoms with Crippen LogP contribution < -0.4 is 5.32 Å². The number of hydrogen-bond acceptors (Lipinski definition) is 5. The minimum absolute atomic E-state index is 0.0118. The summed E-state index contributed by atoms with van der Waals surface area (Å²) in [7, 11) is 0. The smallest absolute Gasteiger partial charge is 0.242 e. The van der Waals surface area contributed by atoms with Gasteiger partial charge in [0.15, 0.2) is 0 Å². The first kappa shape index (κ1) is 15.6. The van der Waals surface area contributed by atoms with E-state index in [9.17, 15) is 4.79 Å². The lowest BCUT2D eigenvalue weighted by Gasteiger charge is -2.26. The zero-order valence-corrected chi connectivity index (χ0v) is 13.3. The lowest BCUT2D eigenvalue weighted by atomic mass is 10.1. The number of rotatable bonds is 5. The Hall–Kier alpha value is -2.34. The molecule has 1 aliphatic rings. The number of hydrogen-bond donors (Lipinski definition) is 1. The van der Waals surface area contributed by atoms with Crippen molar-refractivity contribution in [1.29, 1.82) is 0 Å². The summed E-state index contributed by atoms with van der Waals surface area (Å²) >= 11 is 0. The summed E-state index contributed by atoms with van der Waals surface area (Å²) in [5.41, 5.74) is 2.56. The van der Waals surface area contributed by atoms with E-state index in [1.165, 1.54) is 0 Å². The van der Waals surface area contributed by atoms with Crippen LogP contribution in [0.25, 0.3) is 0 Å². The second kappa shape index (κ2) is 7.28. The number of nitrogens with one attached hydrogen (secondary N) is 1. The molecule has 6 nitrogen and oxygen atoms in total. The fourth-order valence-corrected chi connectivity index (χ4v) is 2.85. The van der Waals surface area contributed by atoms with E-state index in [1.807, 2.05) is 19.1 Å². The zero-order valence-electron chi connectivity index (χ0n) is 13.3. The third-order valence-electron chi connectivity index (χ3n) is 4.03. The Bertz CT molecular complexity index is 638. The molecule has 120 valence electrons. The normalized spacial score (nSPS) is 16.2. The number of carbonyl (C=O) groups excluding carboxylic acids is 1. The molecule has 1 N–H and O–H groups in total. The second-order valence-electron chi connectivity index (χ2n) is 5.80. The third-order valence-corrected chi connectivity index (χ3v) is 4.03. The summed E-state index contributed by atoms with van der Waals surface area (Å²) in [4.78, 5) is 27.6. The van der Waals surface area contributed by atoms with Gasteiger partial charge in [-0.3, -0.25) is 24.6 Å². The molecule has 6 heteroatoms. The fraction of sp³-hybridized carbons (Fsp3) is 0.412. The topological polar surface area (TPSA) is 71.0 Å². The molecule has 2 aromatic rings. The van der Waals surface area contributed by atoms with Crippen LogP contribution in [0.3, 0.4) is 0 Å². The van der Waals surface area contributed by atoms with Gasteiger partial charge in [0, 0.05) is 18.6 Å². The highest BCUT2D eigenvalue weighted by Crippen LogP contribution is 2.24. The van der Waals surface area contributed by atoms with Crippen LogP contribution in [-0.4, -0.2) is 38.8 Å². The first-order valence-corrected chi connectivity index (χ1v) is 7.93. The molecule has 0 aromatic carbocycles. The number of aromatic nitrogens is 3. The Kier molecular flexibility index (Phi) is 4.92. The van der Waals surface area contributed by atoms with Crippen molar-refractivity contribution < 1.29 is 4.79 Å². The number of pyridine rings is 1. The molecule has 0 spiro atoms. The number of aryl methyl sites for hydroxylation is 1. The molecule has 1 fully saturated rings. The van der Waals surface area contributed by atoms with Gasteiger partial charge in [-0.25, -0.2) is 0 Å². The summed E-state index contributed by atoms with van der Waals surface area (Å²) in [6.07, 6.45) is 9.17. The van der Waals surface area contributed by atoms with E-state index in [2.05, 4.69) is 25.2 Å². The van der Waals surface area contributed by atoms with Gasteiger partial charge in [-0.1, -0.05) is 6.07 Å². The molecule has 1 saturated heterocycles. The van der Waals surface area contributed by atoms with E-state index in [4.69, 9.17) is 0 Å². The number of amides is 1. The van der Waals surface area contributed by atoms with Crippen LogP contribution in [0.2, 0.25) is 0 Å². The van der Waals surface area contributed by atoms with Gasteiger partial charge in [0.25, 0.3) is 0 Å². The molecule has 0 aliphatic carbocycles. The van der Waals surface area contributed by atoms with Crippen molar-refractivity contribution in [1.82, 2.24) is 25.2 Å². The van der Waals surface area contributed by atoms with Crippen LogP contribution >= 0.6 is 0 Å². The first-order chi connectivity index (χ1) is 11.2. The van der Waals surface area contributed by atoms with Crippen LogP contribution in [0.5, 0.6) is 0 Å². The van der Waals surface area contributed by atoms with Crippen molar-refractivity contribution in [3.05, 3.63) is 53.9 Å². The molecule has 23 heavy (non-hydrogen) atoms. The lowest BCUT2D eigenvalue weighted by Crippen LogP contribution is -2.39. The first-order valence-electron chi connectivity index (χ1n) is 7.93. The van der Waals surface area contributed by atoms with E-state index in [-0.39, 0.29) is 11.9 Å². The van der Waals surface area contributed by atoms with E-state index in [1.54, 1.807) is 24.8 Å². The summed E-state index contributed by atoms with van der Waals surface area (Å²) in [5.74, 6) is -0.0118. The summed E-state index contributed by atoms with van der Waals surface area (Å²) in [6, 6.07) is 3.54. The van der Waals surface area contributed by atoms with E-state index in [0.717, 1.165) is 42.9 Å². The number of likely N-dealkylation sites (tertiary alicyclic amines) is 1. The highest BCUT2D eigenvalue weighted by molar-refractivity contribution is 5.83. The molecule has 1 amide bonds. The van der Waals surface area contributed by atoms with Gasteiger partial charge >= 0.3 is 0 Å². The summed E-state index contributed by atoms with van der Waals surface area (Å²) in [5, 5.41) is 2.98. The monoisotopic (exact) mass is 311 g/mol. The van der Waals surface area contributed by atoms with Crippen LogP contribution in [0.1, 0.15) is 35.8 Å². The highest BCUT2D eigenvalue weighted by Gasteiger charge is 2.29. The van der Waals surface area contributed by atoms with Crippen LogP contribution in [0, 0.1) is 6.92 Å². The Balaban J connectivity index is 1.71. The molecule has 1 atom stereocenters. The van der Waals surface area contributed by atoms with Crippen molar-refractivity contribution in [2.24, 2.45) is 0 Å². The predicted octanol–water partition coefficient (Wildman–Crippen LogP) is 1.63. The molecular weight excluding hydrogens is 290 g/mol. The van der Waals surface area contributed by atoms with E-state index in [0.29, 0.717) is 6.54 Å². The summed E-state index contributed by atoms with van der Waals surface area (Å²) in [6.45, 7) is 4.16. The van der Waals surface area contributed by atoms with Crippen LogP contribution in [0.15, 0.2) is 36.9 Å². The van der Waals surface area contributed by atoms with Gasteiger partial charge in [0.1, 0.15) is 6.04 Å². The maximum Gasteiger partial charge on any atom is 0.242 e. The minimum Gasteiger partial charge on any atom is -0.349 e. The van der Waals surface area contributed by atoms with Crippen LogP contribution in [-0.2, 0) is 11.3 Å². The van der Waals surface area contributed by atoms with Gasteiger partial charge in [-0.05, 0) is 44.5 Å². The Morgan fingerprint density at radius 3 is 2.74 bits per heavy atom. The zero-order chi connectivity index (χ0) is 16.1. The van der Waals surface area contributed by atoms with Gasteiger partial charge in [-0.15, -0.1) is 0 Å². The van der Waals surface area contributed by atoms with Crippen molar-refractivity contribution in [3.8, 4) is 0 Å². The fourth-order valence-electron chi connectivity index (χ4n) is 2.85. The Morgan fingerprint density at radius 1 is 1.26 bits per heavy atom. The summed E-state index contributed by atoms with van der Waals surface area (Å²) < 4.78 is 0. The van der Waals surface area contributed by atoms with Gasteiger partial charge in [0.05, 0.1) is 24.1 Å². The number of carbonyl (C=O) groups is 1. The van der Waals surface area contributed by atoms with Gasteiger partial charge in [0.2, 0.25) is 5.91 Å². The lowest BCUT2D eigenvalue weighted by molar-refractivity contribution is -0.126. The molecule has 3 heterocycles. The van der Waals surface area contributed by atoms with Crippen molar-refractivity contribution >= 4 is 5.91 Å². The third kappa shape index (κ3) is 3.90. The quantitative estimate of drug-likeness (QED) is 0.909. The van der Waals surface area contributed by atoms with Crippen molar-refractivity contribution in [2.75, 3.05) is 13.1 Å². The average molecular weight is 311 g/mol. The van der Waals surface area contributed by atoms with Crippen molar-refractivity contribution in [2.45, 2.75) is 32.4 Å². The molecule has 2 aromatic heterocycles. The predicted molar refractivity (Wildman–Crippen MR) is 86.4 cm³/mol. The van der Waals surface area contributed by atoms with E-state index >= 15 is 0 Å². The standard InChI is InChI=1S/C17H21N5O/c1-13-9-20-15(11-19-13)12-21-17(23)16(22-7-2-3-8-22)14-5-4-6-18-10-14/h4-6,9-11,16H,2-3,7-8,12H2,1H3,(H,21,23). The molecule has 0 bridgehead atoms. The molecule has 0 saturated carbocycles. The largest absolute Gasteiger partial charge is 0.349 e. The molecule has 0 radical (unpaired) electrons. The van der Waals surface area contributed by atoms with Crippen LogP contribution in [0.4, 0.5) is 0 Å². The molecular formula is C17H21N5O. The molecule has 1 aliphatic heterocycles.